The van der Waals surface area contributed by atoms with Crippen LogP contribution >= 0.6 is 11.6 Å². The summed E-state index contributed by atoms with van der Waals surface area (Å²) in [4.78, 5) is 0. The van der Waals surface area contributed by atoms with Gasteiger partial charge in [0.05, 0.1) is 11.1 Å². The van der Waals surface area contributed by atoms with Crippen molar-refractivity contribution in [1.82, 2.24) is 0 Å². The Bertz CT molecular complexity index is 516. The van der Waals surface area contributed by atoms with Crippen molar-refractivity contribution < 1.29 is 4.42 Å². The number of hydrogen-bond acceptors (Lipinski definition) is 2. The maximum Gasteiger partial charge on any atom is 0.152 e. The van der Waals surface area contributed by atoms with Crippen LogP contribution in [-0.2, 0) is 0 Å². The van der Waals surface area contributed by atoms with Crippen LogP contribution in [0.1, 0.15) is 31.1 Å². The van der Waals surface area contributed by atoms with E-state index in [9.17, 15) is 0 Å². The van der Waals surface area contributed by atoms with Gasteiger partial charge in [-0.2, -0.15) is 0 Å². The van der Waals surface area contributed by atoms with Gasteiger partial charge in [0.2, 0.25) is 0 Å². The Morgan fingerprint density at radius 2 is 2.25 bits per heavy atom. The molecular weight excluding hydrogens is 222 g/mol. The number of fused-ring (bicyclic) bond motifs is 1. The van der Waals surface area contributed by atoms with E-state index in [0.29, 0.717) is 5.02 Å². The van der Waals surface area contributed by atoms with E-state index in [1.165, 1.54) is 12.8 Å². The summed E-state index contributed by atoms with van der Waals surface area (Å²) in [6.07, 6.45) is 3.65. The van der Waals surface area contributed by atoms with Crippen LogP contribution in [0.25, 0.3) is 11.0 Å². The number of furan rings is 1. The third-order valence-corrected chi connectivity index (χ3v) is 3.46. The quantitative estimate of drug-likeness (QED) is 0.877. The summed E-state index contributed by atoms with van der Waals surface area (Å²) < 4.78 is 5.73. The molecule has 1 aliphatic carbocycles. The maximum absolute atomic E-state index is 6.11. The molecule has 1 fully saturated rings. The van der Waals surface area contributed by atoms with Crippen molar-refractivity contribution in [3.63, 3.8) is 0 Å². The van der Waals surface area contributed by atoms with Crippen molar-refractivity contribution >= 4 is 22.6 Å². The molecule has 1 aliphatic rings. The first kappa shape index (κ1) is 10.2. The Kier molecular flexibility index (Phi) is 2.41. The molecule has 16 heavy (non-hydrogen) atoms. The normalized spacial score (nSPS) is 17.9. The average molecular weight is 236 g/mol. The van der Waals surface area contributed by atoms with Crippen LogP contribution in [0.4, 0.5) is 0 Å². The van der Waals surface area contributed by atoms with E-state index in [1.54, 1.807) is 0 Å². The molecule has 1 aromatic heterocycles. The second-order valence-electron chi connectivity index (χ2n) is 4.59. The summed E-state index contributed by atoms with van der Waals surface area (Å²) >= 11 is 6.06. The molecule has 0 spiro atoms. The van der Waals surface area contributed by atoms with Crippen molar-refractivity contribution in [2.45, 2.75) is 25.3 Å². The molecule has 0 saturated heterocycles. The van der Waals surface area contributed by atoms with Gasteiger partial charge in [0.1, 0.15) is 5.76 Å². The van der Waals surface area contributed by atoms with Crippen molar-refractivity contribution in [2.75, 3.05) is 0 Å². The highest BCUT2D eigenvalue weighted by Crippen LogP contribution is 2.38. The lowest BCUT2D eigenvalue weighted by atomic mass is 10.1. The minimum absolute atomic E-state index is 0.0102. The Morgan fingerprint density at radius 3 is 2.94 bits per heavy atom. The topological polar surface area (TPSA) is 39.2 Å². The van der Waals surface area contributed by atoms with E-state index in [0.717, 1.165) is 29.1 Å². The number of para-hydroxylation sites is 1. The predicted molar refractivity (Wildman–Crippen MR) is 65.5 cm³/mol. The molecular formula is C13H14ClNO. The third-order valence-electron chi connectivity index (χ3n) is 3.16. The van der Waals surface area contributed by atoms with Gasteiger partial charge in [-0.3, -0.25) is 0 Å². The van der Waals surface area contributed by atoms with Crippen LogP contribution in [-0.4, -0.2) is 0 Å². The first-order chi connectivity index (χ1) is 7.74. The largest absolute Gasteiger partial charge is 0.458 e. The Morgan fingerprint density at radius 1 is 1.44 bits per heavy atom. The van der Waals surface area contributed by atoms with E-state index in [2.05, 4.69) is 0 Å². The Hall–Kier alpha value is -0.990. The fourth-order valence-electron chi connectivity index (χ4n) is 2.06. The van der Waals surface area contributed by atoms with E-state index >= 15 is 0 Å². The molecule has 3 heteroatoms. The van der Waals surface area contributed by atoms with Gasteiger partial charge in [-0.25, -0.2) is 0 Å². The lowest BCUT2D eigenvalue weighted by molar-refractivity contribution is 0.463. The van der Waals surface area contributed by atoms with Crippen molar-refractivity contribution in [1.29, 1.82) is 0 Å². The molecule has 1 heterocycles. The second-order valence-corrected chi connectivity index (χ2v) is 5.00. The zero-order valence-electron chi connectivity index (χ0n) is 8.95. The summed E-state index contributed by atoms with van der Waals surface area (Å²) in [5.74, 6) is 1.66. The first-order valence-electron chi connectivity index (χ1n) is 5.67. The number of benzene rings is 1. The number of nitrogens with two attached hydrogens (primary N) is 1. The number of hydrogen-bond donors (Lipinski definition) is 1. The van der Waals surface area contributed by atoms with Gasteiger partial charge in [-0.15, -0.1) is 0 Å². The van der Waals surface area contributed by atoms with E-state index in [1.807, 2.05) is 24.3 Å². The SMILES string of the molecule is N[C@@H](CC1CC1)c1cc2cccc(Cl)c2o1. The molecule has 1 saturated carbocycles. The smallest absolute Gasteiger partial charge is 0.152 e. The molecule has 2 N–H and O–H groups in total. The third kappa shape index (κ3) is 1.83. The lowest BCUT2D eigenvalue weighted by Gasteiger charge is -2.06. The second kappa shape index (κ2) is 3.79. The standard InChI is InChI=1S/C13H14ClNO/c14-10-3-1-2-9-7-12(16-13(9)10)11(15)6-8-4-5-8/h1-3,7-8,11H,4-6,15H2/t11-/m0/s1. The first-order valence-corrected chi connectivity index (χ1v) is 6.05. The predicted octanol–water partition coefficient (Wildman–Crippen LogP) is 3.89. The van der Waals surface area contributed by atoms with Crippen molar-refractivity contribution in [3.8, 4) is 0 Å². The molecule has 0 radical (unpaired) electrons. The summed E-state index contributed by atoms with van der Waals surface area (Å²) in [7, 11) is 0. The zero-order valence-corrected chi connectivity index (χ0v) is 9.70. The van der Waals surface area contributed by atoms with Gasteiger partial charge in [0.25, 0.3) is 0 Å². The highest BCUT2D eigenvalue weighted by molar-refractivity contribution is 6.34. The summed E-state index contributed by atoms with van der Waals surface area (Å²) in [6, 6.07) is 7.78. The van der Waals surface area contributed by atoms with Crippen LogP contribution in [0.2, 0.25) is 5.02 Å². The Balaban J connectivity index is 1.94. The van der Waals surface area contributed by atoms with Crippen LogP contribution in [0.3, 0.4) is 0 Å². The van der Waals surface area contributed by atoms with Gasteiger partial charge in [-0.05, 0) is 24.5 Å². The van der Waals surface area contributed by atoms with Crippen LogP contribution in [0.5, 0.6) is 0 Å². The summed E-state index contributed by atoms with van der Waals surface area (Å²) in [6.45, 7) is 0. The summed E-state index contributed by atoms with van der Waals surface area (Å²) in [5.41, 5.74) is 6.87. The molecule has 2 aromatic rings. The highest BCUT2D eigenvalue weighted by atomic mass is 35.5. The zero-order chi connectivity index (χ0) is 11.1. The van der Waals surface area contributed by atoms with Crippen LogP contribution < -0.4 is 5.73 Å². The molecule has 3 rings (SSSR count). The van der Waals surface area contributed by atoms with Gasteiger partial charge < -0.3 is 10.2 Å². The van der Waals surface area contributed by atoms with E-state index in [-0.39, 0.29) is 6.04 Å². The highest BCUT2D eigenvalue weighted by Gasteiger charge is 2.26. The minimum Gasteiger partial charge on any atom is -0.458 e. The lowest BCUT2D eigenvalue weighted by Crippen LogP contribution is -2.09. The average Bonchev–Trinajstić information content (AvgIpc) is 2.95. The fourth-order valence-corrected chi connectivity index (χ4v) is 2.28. The molecule has 1 aromatic carbocycles. The van der Waals surface area contributed by atoms with Gasteiger partial charge >= 0.3 is 0 Å². The summed E-state index contributed by atoms with van der Waals surface area (Å²) in [5, 5.41) is 1.69. The maximum atomic E-state index is 6.11. The molecule has 2 nitrogen and oxygen atoms in total. The molecule has 0 unspecified atom stereocenters. The van der Waals surface area contributed by atoms with Crippen molar-refractivity contribution in [3.05, 3.63) is 35.0 Å². The minimum atomic E-state index is 0.0102. The van der Waals surface area contributed by atoms with Gasteiger partial charge in [-0.1, -0.05) is 36.6 Å². The monoisotopic (exact) mass is 235 g/mol. The van der Waals surface area contributed by atoms with Crippen LogP contribution in [0, 0.1) is 5.92 Å². The van der Waals surface area contributed by atoms with Crippen LogP contribution in [0.15, 0.2) is 28.7 Å². The van der Waals surface area contributed by atoms with Gasteiger partial charge in [0.15, 0.2) is 5.58 Å². The molecule has 0 bridgehead atoms. The molecule has 84 valence electrons. The molecule has 0 amide bonds. The number of rotatable bonds is 3. The van der Waals surface area contributed by atoms with Gasteiger partial charge in [0, 0.05) is 5.39 Å². The fraction of sp³-hybridized carbons (Fsp3) is 0.385. The Labute approximate surface area is 99.4 Å². The molecule has 0 aliphatic heterocycles. The van der Waals surface area contributed by atoms with Crippen molar-refractivity contribution in [2.24, 2.45) is 11.7 Å². The van der Waals surface area contributed by atoms with E-state index < -0.39 is 0 Å². The van der Waals surface area contributed by atoms with E-state index in [4.69, 9.17) is 21.8 Å². The number of halogens is 1. The molecule has 1 atom stereocenters.